The molecule has 1 atom stereocenters. The molecule has 0 fully saturated rings. The topological polar surface area (TPSA) is 12.0 Å². The molecule has 1 nitrogen and oxygen atoms in total. The predicted molar refractivity (Wildman–Crippen MR) is 85.7 cm³/mol. The van der Waals surface area contributed by atoms with Gasteiger partial charge in [-0.2, -0.15) is 0 Å². The van der Waals surface area contributed by atoms with Crippen LogP contribution in [0.4, 0.5) is 4.39 Å². The fourth-order valence-corrected chi connectivity index (χ4v) is 2.59. The first-order valence-corrected chi connectivity index (χ1v) is 7.72. The maximum absolute atomic E-state index is 13.4. The SMILES string of the molecule is CCCNC(c1ccc(Cl)cc1)c1ccc(F)c(Br)c1. The van der Waals surface area contributed by atoms with Gasteiger partial charge < -0.3 is 5.32 Å². The highest BCUT2D eigenvalue weighted by molar-refractivity contribution is 9.10. The Morgan fingerprint density at radius 3 is 2.40 bits per heavy atom. The van der Waals surface area contributed by atoms with Crippen LogP contribution in [0, 0.1) is 5.82 Å². The normalized spacial score (nSPS) is 12.4. The smallest absolute Gasteiger partial charge is 0.137 e. The van der Waals surface area contributed by atoms with E-state index in [2.05, 4.69) is 28.2 Å². The van der Waals surface area contributed by atoms with E-state index >= 15 is 0 Å². The third-order valence-corrected chi connectivity index (χ3v) is 3.94. The Labute approximate surface area is 132 Å². The minimum atomic E-state index is -0.251. The molecule has 0 aliphatic carbocycles. The molecule has 2 aromatic carbocycles. The van der Waals surface area contributed by atoms with Gasteiger partial charge in [0.25, 0.3) is 0 Å². The zero-order chi connectivity index (χ0) is 14.5. The molecule has 0 aliphatic rings. The molecule has 0 heterocycles. The molecule has 4 heteroatoms. The van der Waals surface area contributed by atoms with Crippen LogP contribution in [0.25, 0.3) is 0 Å². The highest BCUT2D eigenvalue weighted by atomic mass is 79.9. The van der Waals surface area contributed by atoms with E-state index in [1.807, 2.05) is 36.4 Å². The molecule has 1 N–H and O–H groups in total. The van der Waals surface area contributed by atoms with Crippen LogP contribution in [0.3, 0.4) is 0 Å². The van der Waals surface area contributed by atoms with Gasteiger partial charge in [-0.25, -0.2) is 4.39 Å². The lowest BCUT2D eigenvalue weighted by molar-refractivity contribution is 0.591. The second-order valence-corrected chi connectivity index (χ2v) is 5.90. The van der Waals surface area contributed by atoms with Crippen molar-refractivity contribution in [1.82, 2.24) is 5.32 Å². The number of hydrogen-bond acceptors (Lipinski definition) is 1. The first kappa shape index (κ1) is 15.5. The van der Waals surface area contributed by atoms with Crippen LogP contribution >= 0.6 is 27.5 Å². The minimum absolute atomic E-state index is 0.0316. The lowest BCUT2D eigenvalue weighted by Gasteiger charge is -2.20. The molecule has 2 aromatic rings. The summed E-state index contributed by atoms with van der Waals surface area (Å²) in [7, 11) is 0. The van der Waals surface area contributed by atoms with Gasteiger partial charge in [0.05, 0.1) is 10.5 Å². The van der Waals surface area contributed by atoms with Crippen molar-refractivity contribution in [3.05, 3.63) is 68.9 Å². The molecular weight excluding hydrogens is 341 g/mol. The Morgan fingerprint density at radius 2 is 1.80 bits per heavy atom. The van der Waals surface area contributed by atoms with Crippen molar-refractivity contribution in [2.75, 3.05) is 6.54 Å². The van der Waals surface area contributed by atoms with E-state index < -0.39 is 0 Å². The second kappa shape index (κ2) is 7.21. The Balaban J connectivity index is 2.35. The molecule has 0 amide bonds. The molecule has 1 unspecified atom stereocenters. The lowest BCUT2D eigenvalue weighted by Crippen LogP contribution is -2.23. The van der Waals surface area contributed by atoms with Crippen LogP contribution in [0.15, 0.2) is 46.9 Å². The van der Waals surface area contributed by atoms with Crippen molar-refractivity contribution in [2.45, 2.75) is 19.4 Å². The van der Waals surface area contributed by atoms with Gasteiger partial charge in [-0.1, -0.05) is 36.7 Å². The number of halogens is 3. The largest absolute Gasteiger partial charge is 0.306 e. The quantitative estimate of drug-likeness (QED) is 0.763. The molecule has 0 bridgehead atoms. The van der Waals surface area contributed by atoms with Crippen LogP contribution in [-0.2, 0) is 0 Å². The predicted octanol–water partition coefficient (Wildman–Crippen LogP) is 5.33. The monoisotopic (exact) mass is 355 g/mol. The average Bonchev–Trinajstić information content (AvgIpc) is 2.45. The highest BCUT2D eigenvalue weighted by Gasteiger charge is 2.14. The van der Waals surface area contributed by atoms with Crippen molar-refractivity contribution >= 4 is 27.5 Å². The van der Waals surface area contributed by atoms with Crippen LogP contribution in [0.5, 0.6) is 0 Å². The van der Waals surface area contributed by atoms with Crippen LogP contribution in [0.1, 0.15) is 30.5 Å². The third-order valence-electron chi connectivity index (χ3n) is 3.08. The third kappa shape index (κ3) is 3.81. The molecule has 2 rings (SSSR count). The number of rotatable bonds is 5. The number of benzene rings is 2. The second-order valence-electron chi connectivity index (χ2n) is 4.61. The summed E-state index contributed by atoms with van der Waals surface area (Å²) in [6.07, 6.45) is 1.03. The standard InChI is InChI=1S/C16H16BrClFN/c1-2-9-20-16(11-3-6-13(18)7-4-11)12-5-8-15(19)14(17)10-12/h3-8,10,16,20H,2,9H2,1H3. The van der Waals surface area contributed by atoms with E-state index in [1.54, 1.807) is 0 Å². The first-order valence-electron chi connectivity index (χ1n) is 6.55. The Morgan fingerprint density at radius 1 is 1.15 bits per heavy atom. The fraction of sp³-hybridized carbons (Fsp3) is 0.250. The molecule has 20 heavy (non-hydrogen) atoms. The highest BCUT2D eigenvalue weighted by Crippen LogP contribution is 2.27. The summed E-state index contributed by atoms with van der Waals surface area (Å²) in [5.74, 6) is -0.251. The Kier molecular flexibility index (Phi) is 5.58. The van der Waals surface area contributed by atoms with Gasteiger partial charge in [-0.3, -0.25) is 0 Å². The van der Waals surface area contributed by atoms with E-state index in [1.165, 1.54) is 6.07 Å². The maximum Gasteiger partial charge on any atom is 0.137 e. The molecular formula is C16H16BrClFN. The lowest BCUT2D eigenvalue weighted by atomic mass is 9.98. The summed E-state index contributed by atoms with van der Waals surface area (Å²) >= 11 is 9.18. The zero-order valence-corrected chi connectivity index (χ0v) is 13.5. The van der Waals surface area contributed by atoms with Crippen molar-refractivity contribution in [2.24, 2.45) is 0 Å². The number of nitrogens with one attached hydrogen (secondary N) is 1. The molecule has 0 aliphatic heterocycles. The van der Waals surface area contributed by atoms with E-state index in [4.69, 9.17) is 11.6 Å². The van der Waals surface area contributed by atoms with Gasteiger partial charge in [0.15, 0.2) is 0 Å². The molecule has 0 saturated heterocycles. The molecule has 0 aromatic heterocycles. The average molecular weight is 357 g/mol. The summed E-state index contributed by atoms with van der Waals surface area (Å²) in [6.45, 7) is 3.01. The number of hydrogen-bond donors (Lipinski definition) is 1. The van der Waals surface area contributed by atoms with Gasteiger partial charge in [0.2, 0.25) is 0 Å². The molecule has 0 saturated carbocycles. The fourth-order valence-electron chi connectivity index (χ4n) is 2.06. The van der Waals surface area contributed by atoms with E-state index in [9.17, 15) is 4.39 Å². The van der Waals surface area contributed by atoms with Gasteiger partial charge >= 0.3 is 0 Å². The summed E-state index contributed by atoms with van der Waals surface area (Å²) in [5.41, 5.74) is 2.13. The molecule has 0 radical (unpaired) electrons. The first-order chi connectivity index (χ1) is 9.61. The van der Waals surface area contributed by atoms with E-state index in [0.717, 1.165) is 24.1 Å². The van der Waals surface area contributed by atoms with Crippen molar-refractivity contribution in [3.63, 3.8) is 0 Å². The maximum atomic E-state index is 13.4. The van der Waals surface area contributed by atoms with E-state index in [0.29, 0.717) is 9.50 Å². The van der Waals surface area contributed by atoms with Crippen molar-refractivity contribution in [1.29, 1.82) is 0 Å². The van der Waals surface area contributed by atoms with Crippen LogP contribution in [0.2, 0.25) is 5.02 Å². The van der Waals surface area contributed by atoms with Gasteiger partial charge in [-0.05, 0) is 64.3 Å². The molecule has 0 spiro atoms. The molecule has 106 valence electrons. The zero-order valence-electron chi connectivity index (χ0n) is 11.2. The van der Waals surface area contributed by atoms with E-state index in [-0.39, 0.29) is 11.9 Å². The van der Waals surface area contributed by atoms with Gasteiger partial charge in [-0.15, -0.1) is 0 Å². The van der Waals surface area contributed by atoms with Crippen molar-refractivity contribution < 1.29 is 4.39 Å². The summed E-state index contributed by atoms with van der Waals surface area (Å²) < 4.78 is 13.9. The van der Waals surface area contributed by atoms with Gasteiger partial charge in [0, 0.05) is 5.02 Å². The summed E-state index contributed by atoms with van der Waals surface area (Å²) in [5, 5.41) is 4.19. The van der Waals surface area contributed by atoms with Gasteiger partial charge in [0.1, 0.15) is 5.82 Å². The summed E-state index contributed by atoms with van der Waals surface area (Å²) in [6, 6.07) is 12.9. The van der Waals surface area contributed by atoms with Crippen molar-refractivity contribution in [3.8, 4) is 0 Å². The Bertz CT molecular complexity index is 571. The Hall–Kier alpha value is -0.900. The minimum Gasteiger partial charge on any atom is -0.306 e. The summed E-state index contributed by atoms with van der Waals surface area (Å²) in [4.78, 5) is 0. The van der Waals surface area contributed by atoms with Crippen LogP contribution < -0.4 is 5.32 Å². The van der Waals surface area contributed by atoms with Crippen LogP contribution in [-0.4, -0.2) is 6.54 Å².